The van der Waals surface area contributed by atoms with Crippen LogP contribution in [0.25, 0.3) is 0 Å². The van der Waals surface area contributed by atoms with Gasteiger partial charge in [0.15, 0.2) is 0 Å². The van der Waals surface area contributed by atoms with Crippen molar-refractivity contribution >= 4 is 23.0 Å². The Labute approximate surface area is 113 Å². The van der Waals surface area contributed by atoms with Crippen molar-refractivity contribution in [1.29, 1.82) is 0 Å². The first-order valence-corrected chi connectivity index (χ1v) is 6.29. The molecular formula is C14H19N5. The molecule has 0 saturated carbocycles. The SMILES string of the molecule is CCNc1cc(N(C)c2cccc(N)c2)nc(C)n1. The highest BCUT2D eigenvalue weighted by Gasteiger charge is 2.08. The summed E-state index contributed by atoms with van der Waals surface area (Å²) in [6, 6.07) is 9.65. The van der Waals surface area contributed by atoms with Crippen molar-refractivity contribution in [3.8, 4) is 0 Å². The fourth-order valence-electron chi connectivity index (χ4n) is 1.86. The Hall–Kier alpha value is -2.30. The lowest BCUT2D eigenvalue weighted by Crippen LogP contribution is -2.13. The average molecular weight is 257 g/mol. The second-order valence-corrected chi connectivity index (χ2v) is 4.34. The van der Waals surface area contributed by atoms with Gasteiger partial charge in [0, 0.05) is 31.0 Å². The van der Waals surface area contributed by atoms with Gasteiger partial charge in [-0.25, -0.2) is 9.97 Å². The molecule has 0 bridgehead atoms. The Morgan fingerprint density at radius 3 is 2.74 bits per heavy atom. The topological polar surface area (TPSA) is 67.1 Å². The molecule has 0 aliphatic heterocycles. The molecule has 19 heavy (non-hydrogen) atoms. The van der Waals surface area contributed by atoms with Crippen molar-refractivity contribution in [2.24, 2.45) is 0 Å². The molecule has 0 spiro atoms. The Balaban J connectivity index is 2.35. The lowest BCUT2D eigenvalue weighted by molar-refractivity contribution is 1.00. The van der Waals surface area contributed by atoms with Crippen LogP contribution in [0.4, 0.5) is 23.0 Å². The number of rotatable bonds is 4. The van der Waals surface area contributed by atoms with Crippen molar-refractivity contribution in [2.45, 2.75) is 13.8 Å². The van der Waals surface area contributed by atoms with E-state index in [1.165, 1.54) is 0 Å². The monoisotopic (exact) mass is 257 g/mol. The van der Waals surface area contributed by atoms with E-state index in [0.29, 0.717) is 0 Å². The number of hydrogen-bond acceptors (Lipinski definition) is 5. The van der Waals surface area contributed by atoms with Crippen molar-refractivity contribution in [3.63, 3.8) is 0 Å². The van der Waals surface area contributed by atoms with Gasteiger partial charge in [0.05, 0.1) is 0 Å². The molecule has 0 atom stereocenters. The lowest BCUT2D eigenvalue weighted by Gasteiger charge is -2.19. The van der Waals surface area contributed by atoms with E-state index >= 15 is 0 Å². The highest BCUT2D eigenvalue weighted by molar-refractivity contribution is 5.65. The van der Waals surface area contributed by atoms with Crippen molar-refractivity contribution in [3.05, 3.63) is 36.2 Å². The maximum Gasteiger partial charge on any atom is 0.138 e. The fourth-order valence-corrected chi connectivity index (χ4v) is 1.86. The van der Waals surface area contributed by atoms with Gasteiger partial charge in [-0.05, 0) is 32.0 Å². The lowest BCUT2D eigenvalue weighted by atomic mass is 10.2. The molecule has 5 heteroatoms. The molecule has 0 fully saturated rings. The van der Waals surface area contributed by atoms with Gasteiger partial charge >= 0.3 is 0 Å². The first kappa shape index (κ1) is 13.1. The van der Waals surface area contributed by atoms with Gasteiger partial charge in [0.1, 0.15) is 17.5 Å². The molecule has 1 aromatic heterocycles. The smallest absolute Gasteiger partial charge is 0.138 e. The van der Waals surface area contributed by atoms with Crippen LogP contribution in [0.1, 0.15) is 12.7 Å². The Bertz CT molecular complexity index is 568. The Morgan fingerprint density at radius 1 is 1.26 bits per heavy atom. The number of anilines is 4. The van der Waals surface area contributed by atoms with Gasteiger partial charge in [0.25, 0.3) is 0 Å². The highest BCUT2D eigenvalue weighted by Crippen LogP contribution is 2.24. The van der Waals surface area contributed by atoms with Crippen molar-refractivity contribution in [1.82, 2.24) is 9.97 Å². The number of nitrogen functional groups attached to an aromatic ring is 1. The minimum atomic E-state index is 0.738. The third kappa shape index (κ3) is 3.13. The van der Waals surface area contributed by atoms with Crippen LogP contribution in [0.5, 0.6) is 0 Å². The molecule has 0 amide bonds. The maximum absolute atomic E-state index is 5.81. The average Bonchev–Trinajstić information content (AvgIpc) is 2.37. The molecule has 5 nitrogen and oxygen atoms in total. The fraction of sp³-hybridized carbons (Fsp3) is 0.286. The second-order valence-electron chi connectivity index (χ2n) is 4.34. The summed E-state index contributed by atoms with van der Waals surface area (Å²) in [5.41, 5.74) is 7.55. The summed E-state index contributed by atoms with van der Waals surface area (Å²) in [5.74, 6) is 2.42. The number of nitrogens with one attached hydrogen (secondary N) is 1. The Morgan fingerprint density at radius 2 is 2.05 bits per heavy atom. The van der Waals surface area contributed by atoms with Gasteiger partial charge in [-0.3, -0.25) is 0 Å². The molecule has 2 aromatic rings. The molecule has 0 saturated heterocycles. The standard InChI is InChI=1S/C14H19N5/c1-4-16-13-9-14(18-10(2)17-13)19(3)12-7-5-6-11(15)8-12/h5-9H,4,15H2,1-3H3,(H,16,17,18). The van der Waals surface area contributed by atoms with E-state index in [4.69, 9.17) is 5.73 Å². The summed E-state index contributed by atoms with van der Waals surface area (Å²) in [6.07, 6.45) is 0. The minimum absolute atomic E-state index is 0.738. The normalized spacial score (nSPS) is 10.3. The van der Waals surface area contributed by atoms with Crippen LogP contribution in [0.3, 0.4) is 0 Å². The summed E-state index contributed by atoms with van der Waals surface area (Å²) in [5, 5.41) is 3.20. The number of benzene rings is 1. The second kappa shape index (κ2) is 5.56. The number of nitrogens with two attached hydrogens (primary N) is 1. The predicted molar refractivity (Wildman–Crippen MR) is 79.9 cm³/mol. The summed E-state index contributed by atoms with van der Waals surface area (Å²) in [4.78, 5) is 10.8. The summed E-state index contributed by atoms with van der Waals surface area (Å²) < 4.78 is 0. The van der Waals surface area contributed by atoms with Gasteiger partial charge < -0.3 is 16.0 Å². The van der Waals surface area contributed by atoms with Gasteiger partial charge in [-0.2, -0.15) is 0 Å². The van der Waals surface area contributed by atoms with E-state index in [2.05, 4.69) is 15.3 Å². The molecule has 0 aliphatic carbocycles. The molecular weight excluding hydrogens is 238 g/mol. The quantitative estimate of drug-likeness (QED) is 0.824. The summed E-state index contributed by atoms with van der Waals surface area (Å²) in [7, 11) is 1.96. The van der Waals surface area contributed by atoms with Gasteiger partial charge in [-0.1, -0.05) is 6.07 Å². The molecule has 100 valence electrons. The van der Waals surface area contributed by atoms with E-state index in [1.807, 2.05) is 56.1 Å². The van der Waals surface area contributed by atoms with E-state index in [0.717, 1.165) is 35.4 Å². The van der Waals surface area contributed by atoms with Crippen LogP contribution in [0.15, 0.2) is 30.3 Å². The molecule has 1 heterocycles. The molecule has 0 unspecified atom stereocenters. The van der Waals surface area contributed by atoms with E-state index in [1.54, 1.807) is 0 Å². The molecule has 1 aromatic carbocycles. The van der Waals surface area contributed by atoms with Gasteiger partial charge in [0.2, 0.25) is 0 Å². The zero-order valence-corrected chi connectivity index (χ0v) is 11.5. The summed E-state index contributed by atoms with van der Waals surface area (Å²) in [6.45, 7) is 4.76. The molecule has 0 aliphatic rings. The third-order valence-corrected chi connectivity index (χ3v) is 2.78. The number of hydrogen-bond donors (Lipinski definition) is 2. The number of aryl methyl sites for hydroxylation is 1. The maximum atomic E-state index is 5.81. The van der Waals surface area contributed by atoms with Crippen LogP contribution in [0, 0.1) is 6.92 Å². The zero-order valence-electron chi connectivity index (χ0n) is 11.5. The van der Waals surface area contributed by atoms with Gasteiger partial charge in [-0.15, -0.1) is 0 Å². The number of aromatic nitrogens is 2. The van der Waals surface area contributed by atoms with Crippen LogP contribution in [-0.2, 0) is 0 Å². The molecule has 3 N–H and O–H groups in total. The van der Waals surface area contributed by atoms with E-state index in [9.17, 15) is 0 Å². The highest BCUT2D eigenvalue weighted by atomic mass is 15.2. The molecule has 2 rings (SSSR count). The Kier molecular flexibility index (Phi) is 3.85. The third-order valence-electron chi connectivity index (χ3n) is 2.78. The van der Waals surface area contributed by atoms with E-state index in [-0.39, 0.29) is 0 Å². The van der Waals surface area contributed by atoms with Crippen molar-refractivity contribution < 1.29 is 0 Å². The first-order valence-electron chi connectivity index (χ1n) is 6.29. The van der Waals surface area contributed by atoms with Crippen LogP contribution in [-0.4, -0.2) is 23.6 Å². The van der Waals surface area contributed by atoms with E-state index < -0.39 is 0 Å². The van der Waals surface area contributed by atoms with Crippen molar-refractivity contribution in [2.75, 3.05) is 29.5 Å². The molecule has 0 radical (unpaired) electrons. The number of nitrogens with zero attached hydrogens (tertiary/aromatic N) is 3. The largest absolute Gasteiger partial charge is 0.399 e. The van der Waals surface area contributed by atoms with Crippen LogP contribution in [0.2, 0.25) is 0 Å². The van der Waals surface area contributed by atoms with Crippen LogP contribution < -0.4 is 16.0 Å². The minimum Gasteiger partial charge on any atom is -0.399 e. The zero-order chi connectivity index (χ0) is 13.8. The van der Waals surface area contributed by atoms with Crippen LogP contribution >= 0.6 is 0 Å². The first-order chi connectivity index (χ1) is 9.10. The predicted octanol–water partition coefficient (Wildman–Crippen LogP) is 2.57. The summed E-state index contributed by atoms with van der Waals surface area (Å²) >= 11 is 0.